The van der Waals surface area contributed by atoms with Gasteiger partial charge >= 0.3 is 0 Å². The van der Waals surface area contributed by atoms with Gasteiger partial charge in [-0.2, -0.15) is 5.10 Å². The summed E-state index contributed by atoms with van der Waals surface area (Å²) in [7, 11) is -1.23. The molecule has 3 rings (SSSR count). The summed E-state index contributed by atoms with van der Waals surface area (Å²) in [6, 6.07) is 7.59. The monoisotopic (exact) mass is 290 g/mol. The first-order chi connectivity index (χ1) is 9.24. The molecule has 0 spiro atoms. The lowest BCUT2D eigenvalue weighted by molar-refractivity contribution is 0.678. The molecule has 3 heterocycles. The Morgan fingerprint density at radius 1 is 1.32 bits per heavy atom. The van der Waals surface area contributed by atoms with Crippen LogP contribution in [0.3, 0.4) is 0 Å². The SMILES string of the molecule is CS(=O)c1nc(-c2cccs2)cc(-n2cccn2)n1. The molecule has 0 saturated heterocycles. The minimum atomic E-state index is -1.23. The zero-order valence-electron chi connectivity index (χ0n) is 10.1. The van der Waals surface area contributed by atoms with Crippen LogP contribution in [0.15, 0.2) is 47.2 Å². The van der Waals surface area contributed by atoms with E-state index in [2.05, 4.69) is 15.1 Å². The number of thiophene rings is 1. The molecule has 1 unspecified atom stereocenters. The highest BCUT2D eigenvalue weighted by molar-refractivity contribution is 7.84. The van der Waals surface area contributed by atoms with E-state index in [-0.39, 0.29) is 0 Å². The maximum Gasteiger partial charge on any atom is 0.220 e. The van der Waals surface area contributed by atoms with Crippen molar-refractivity contribution in [2.45, 2.75) is 5.16 Å². The Hall–Kier alpha value is -1.86. The molecular weight excluding hydrogens is 280 g/mol. The van der Waals surface area contributed by atoms with Gasteiger partial charge in [0.25, 0.3) is 0 Å². The Balaban J connectivity index is 2.18. The number of nitrogens with zero attached hydrogens (tertiary/aromatic N) is 4. The summed E-state index contributed by atoms with van der Waals surface area (Å²) in [6.07, 6.45) is 5.04. The minimum absolute atomic E-state index is 0.316. The van der Waals surface area contributed by atoms with Crippen molar-refractivity contribution >= 4 is 22.1 Å². The van der Waals surface area contributed by atoms with Gasteiger partial charge in [-0.05, 0) is 17.5 Å². The molecule has 0 fully saturated rings. The van der Waals surface area contributed by atoms with E-state index in [1.807, 2.05) is 29.6 Å². The number of rotatable bonds is 3. The van der Waals surface area contributed by atoms with Crippen LogP contribution in [0.25, 0.3) is 16.4 Å². The highest BCUT2D eigenvalue weighted by Gasteiger charge is 2.11. The molecule has 96 valence electrons. The van der Waals surface area contributed by atoms with E-state index < -0.39 is 10.8 Å². The summed E-state index contributed by atoms with van der Waals surface area (Å²) in [5, 5.41) is 6.44. The third kappa shape index (κ3) is 2.47. The zero-order valence-corrected chi connectivity index (χ0v) is 11.7. The van der Waals surface area contributed by atoms with Gasteiger partial charge < -0.3 is 0 Å². The van der Waals surface area contributed by atoms with Crippen molar-refractivity contribution in [3.8, 4) is 16.4 Å². The highest BCUT2D eigenvalue weighted by atomic mass is 32.2. The lowest BCUT2D eigenvalue weighted by atomic mass is 10.3. The van der Waals surface area contributed by atoms with Crippen molar-refractivity contribution < 1.29 is 4.21 Å². The molecule has 5 nitrogen and oxygen atoms in total. The Morgan fingerprint density at radius 2 is 2.21 bits per heavy atom. The fourth-order valence-corrected chi connectivity index (χ4v) is 2.75. The van der Waals surface area contributed by atoms with E-state index in [0.29, 0.717) is 11.0 Å². The molecule has 0 aliphatic rings. The summed E-state index contributed by atoms with van der Waals surface area (Å²) in [5.74, 6) is 0.619. The van der Waals surface area contributed by atoms with Crippen LogP contribution in [-0.2, 0) is 10.8 Å². The number of aromatic nitrogens is 4. The molecule has 1 atom stereocenters. The molecule has 19 heavy (non-hydrogen) atoms. The summed E-state index contributed by atoms with van der Waals surface area (Å²) < 4.78 is 13.3. The molecular formula is C12H10N4OS2. The van der Waals surface area contributed by atoms with Gasteiger partial charge in [0.05, 0.1) is 21.4 Å². The second-order valence-electron chi connectivity index (χ2n) is 3.78. The molecule has 0 aliphatic carbocycles. The quantitative estimate of drug-likeness (QED) is 0.693. The van der Waals surface area contributed by atoms with Gasteiger partial charge in [0.15, 0.2) is 5.82 Å². The van der Waals surface area contributed by atoms with E-state index in [1.165, 1.54) is 0 Å². The lowest BCUT2D eigenvalue weighted by Crippen LogP contribution is -2.05. The van der Waals surface area contributed by atoms with E-state index in [0.717, 1.165) is 10.6 Å². The fraction of sp³-hybridized carbons (Fsp3) is 0.0833. The van der Waals surface area contributed by atoms with Crippen LogP contribution in [0.2, 0.25) is 0 Å². The number of hydrogen-bond donors (Lipinski definition) is 0. The molecule has 0 aliphatic heterocycles. The Morgan fingerprint density at radius 3 is 2.84 bits per heavy atom. The van der Waals surface area contributed by atoms with Crippen molar-refractivity contribution in [3.05, 3.63) is 42.0 Å². The summed E-state index contributed by atoms with van der Waals surface area (Å²) in [6.45, 7) is 0. The second-order valence-corrected chi connectivity index (χ2v) is 6.00. The van der Waals surface area contributed by atoms with E-state index in [9.17, 15) is 4.21 Å². The van der Waals surface area contributed by atoms with Gasteiger partial charge in [-0.15, -0.1) is 11.3 Å². The first-order valence-corrected chi connectivity index (χ1v) is 7.94. The van der Waals surface area contributed by atoms with Crippen molar-refractivity contribution in [1.29, 1.82) is 0 Å². The molecule has 0 amide bonds. The van der Waals surface area contributed by atoms with E-state index in [4.69, 9.17) is 0 Å². The standard InChI is InChI=1S/C12H10N4OS2/c1-19(17)12-14-9(10-4-2-7-18-10)8-11(15-12)16-6-3-5-13-16/h2-8H,1H3. The van der Waals surface area contributed by atoms with E-state index in [1.54, 1.807) is 34.7 Å². The van der Waals surface area contributed by atoms with Gasteiger partial charge in [0.2, 0.25) is 5.16 Å². The molecule has 0 radical (unpaired) electrons. The highest BCUT2D eigenvalue weighted by Crippen LogP contribution is 2.24. The largest absolute Gasteiger partial charge is 0.251 e. The topological polar surface area (TPSA) is 60.7 Å². The van der Waals surface area contributed by atoms with E-state index >= 15 is 0 Å². The van der Waals surface area contributed by atoms with Crippen molar-refractivity contribution in [1.82, 2.24) is 19.7 Å². The zero-order chi connectivity index (χ0) is 13.2. The van der Waals surface area contributed by atoms with Gasteiger partial charge in [0, 0.05) is 24.7 Å². The summed E-state index contributed by atoms with van der Waals surface area (Å²) >= 11 is 1.58. The molecule has 0 N–H and O–H groups in total. The fourth-order valence-electron chi connectivity index (χ4n) is 1.61. The lowest BCUT2D eigenvalue weighted by Gasteiger charge is -2.05. The van der Waals surface area contributed by atoms with Crippen LogP contribution in [-0.4, -0.2) is 30.2 Å². The Bertz CT molecular complexity index is 655. The van der Waals surface area contributed by atoms with Crippen LogP contribution < -0.4 is 0 Å². The predicted molar refractivity (Wildman–Crippen MR) is 74.8 cm³/mol. The summed E-state index contributed by atoms with van der Waals surface area (Å²) in [5.41, 5.74) is 0.765. The number of hydrogen-bond acceptors (Lipinski definition) is 5. The minimum Gasteiger partial charge on any atom is -0.251 e. The van der Waals surface area contributed by atoms with Crippen LogP contribution >= 0.6 is 11.3 Å². The molecule has 0 bridgehead atoms. The van der Waals surface area contributed by atoms with Gasteiger partial charge in [-0.1, -0.05) is 6.07 Å². The van der Waals surface area contributed by atoms with Crippen LogP contribution in [0.5, 0.6) is 0 Å². The summed E-state index contributed by atoms with van der Waals surface area (Å²) in [4.78, 5) is 9.64. The predicted octanol–water partition coefficient (Wildman–Crippen LogP) is 2.13. The van der Waals surface area contributed by atoms with Crippen LogP contribution in [0, 0.1) is 0 Å². The van der Waals surface area contributed by atoms with Gasteiger partial charge in [-0.3, -0.25) is 4.21 Å². The third-order valence-corrected chi connectivity index (χ3v) is 4.05. The molecule has 7 heteroatoms. The van der Waals surface area contributed by atoms with Crippen molar-refractivity contribution in [3.63, 3.8) is 0 Å². The maximum atomic E-state index is 11.6. The first-order valence-electron chi connectivity index (χ1n) is 5.50. The smallest absolute Gasteiger partial charge is 0.220 e. The molecule has 3 aromatic rings. The molecule has 0 aromatic carbocycles. The van der Waals surface area contributed by atoms with Crippen LogP contribution in [0.4, 0.5) is 0 Å². The third-order valence-electron chi connectivity index (χ3n) is 2.46. The molecule has 3 aromatic heterocycles. The molecule has 0 saturated carbocycles. The van der Waals surface area contributed by atoms with Crippen molar-refractivity contribution in [2.24, 2.45) is 0 Å². The first kappa shape index (κ1) is 12.2. The Labute approximate surface area is 116 Å². The second kappa shape index (κ2) is 5.02. The van der Waals surface area contributed by atoms with Gasteiger partial charge in [0.1, 0.15) is 0 Å². The average Bonchev–Trinajstić information content (AvgIpc) is 3.11. The van der Waals surface area contributed by atoms with Crippen molar-refractivity contribution in [2.75, 3.05) is 6.26 Å². The van der Waals surface area contributed by atoms with Crippen LogP contribution in [0.1, 0.15) is 0 Å². The maximum absolute atomic E-state index is 11.6. The average molecular weight is 290 g/mol. The van der Waals surface area contributed by atoms with Gasteiger partial charge in [-0.25, -0.2) is 14.6 Å². The normalized spacial score (nSPS) is 12.5. The Kier molecular flexibility index (Phi) is 3.22.